The molecule has 0 bridgehead atoms. The van der Waals surface area contributed by atoms with Gasteiger partial charge in [0.2, 0.25) is 5.78 Å². The fourth-order valence-corrected chi connectivity index (χ4v) is 4.06. The Bertz CT molecular complexity index is 873. The molecule has 6 heteroatoms. The number of allylic oxidation sites excluding steroid dienone is 2. The second kappa shape index (κ2) is 10.8. The Labute approximate surface area is 189 Å². The van der Waals surface area contributed by atoms with E-state index in [-0.39, 0.29) is 17.5 Å². The van der Waals surface area contributed by atoms with Crippen molar-refractivity contribution in [2.45, 2.75) is 52.7 Å². The number of Topliss-reactive ketones (excluding diaryl/α,β-unsaturated/α-hetero) is 1. The summed E-state index contributed by atoms with van der Waals surface area (Å²) in [6.07, 6.45) is 5.57. The molecule has 0 amide bonds. The fraction of sp³-hybridized carbons (Fsp3) is 0.500. The highest BCUT2D eigenvalue weighted by Gasteiger charge is 2.23. The molecule has 0 aromatic heterocycles. The van der Waals surface area contributed by atoms with Crippen LogP contribution >= 0.6 is 15.9 Å². The second-order valence-electron chi connectivity index (χ2n) is 8.36. The zero-order chi connectivity index (χ0) is 22.4. The third-order valence-electron chi connectivity index (χ3n) is 5.30. The highest BCUT2D eigenvalue weighted by molar-refractivity contribution is 9.10. The Morgan fingerprint density at radius 3 is 2.50 bits per heavy atom. The molecule has 0 atom stereocenters. The molecule has 1 aromatic carbocycles. The van der Waals surface area contributed by atoms with Crippen molar-refractivity contribution in [3.63, 3.8) is 0 Å². The van der Waals surface area contributed by atoms with Crippen molar-refractivity contribution in [3.8, 4) is 11.8 Å². The van der Waals surface area contributed by atoms with Crippen molar-refractivity contribution in [1.29, 1.82) is 5.26 Å². The van der Waals surface area contributed by atoms with Crippen molar-refractivity contribution in [2.75, 3.05) is 27.2 Å². The summed E-state index contributed by atoms with van der Waals surface area (Å²) in [4.78, 5) is 16.8. The van der Waals surface area contributed by atoms with Gasteiger partial charge in [-0.05, 0) is 91.4 Å². The Morgan fingerprint density at radius 1 is 1.33 bits per heavy atom. The Kier molecular flexibility index (Phi) is 8.69. The summed E-state index contributed by atoms with van der Waals surface area (Å²) in [5.41, 5.74) is 2.59. The number of hydrogen-bond donors (Lipinski definition) is 0. The van der Waals surface area contributed by atoms with Crippen molar-refractivity contribution in [3.05, 3.63) is 45.1 Å². The Hall–Kier alpha value is -2.10. The van der Waals surface area contributed by atoms with E-state index in [1.165, 1.54) is 0 Å². The molecule has 1 fully saturated rings. The number of nitrogens with zero attached hydrogens (tertiary/aromatic N) is 3. The van der Waals surface area contributed by atoms with E-state index in [2.05, 4.69) is 34.7 Å². The molecule has 1 heterocycles. The lowest BCUT2D eigenvalue weighted by Gasteiger charge is -2.34. The van der Waals surface area contributed by atoms with E-state index in [9.17, 15) is 10.1 Å². The lowest BCUT2D eigenvalue weighted by molar-refractivity contribution is -0.111. The van der Waals surface area contributed by atoms with Gasteiger partial charge in [-0.1, -0.05) is 0 Å². The molecule has 0 aliphatic carbocycles. The van der Waals surface area contributed by atoms with Crippen LogP contribution in [0.1, 0.15) is 44.7 Å². The zero-order valence-electron chi connectivity index (χ0n) is 18.8. The summed E-state index contributed by atoms with van der Waals surface area (Å²) >= 11 is 3.62. The first kappa shape index (κ1) is 24.2. The van der Waals surface area contributed by atoms with E-state index in [4.69, 9.17) is 4.74 Å². The van der Waals surface area contributed by atoms with Gasteiger partial charge in [-0.2, -0.15) is 5.26 Å². The van der Waals surface area contributed by atoms with Crippen molar-refractivity contribution in [2.24, 2.45) is 0 Å². The average Bonchev–Trinajstić information content (AvgIpc) is 2.69. The van der Waals surface area contributed by atoms with Crippen molar-refractivity contribution < 1.29 is 9.53 Å². The SMILES string of the molecule is C/C(=C\c1cc(OC2CCN(C(C)C)CC2)c(Br)cc1C)C(=O)/C(C#N)=C/N(C)C. The van der Waals surface area contributed by atoms with Crippen LogP contribution in [-0.2, 0) is 4.79 Å². The first-order valence-electron chi connectivity index (χ1n) is 10.3. The van der Waals surface area contributed by atoms with Gasteiger partial charge in [0, 0.05) is 39.4 Å². The lowest BCUT2D eigenvalue weighted by atomic mass is 10.0. The minimum absolute atomic E-state index is 0.122. The van der Waals surface area contributed by atoms with Gasteiger partial charge in [-0.15, -0.1) is 0 Å². The molecule has 5 nitrogen and oxygen atoms in total. The van der Waals surface area contributed by atoms with Gasteiger partial charge in [0.25, 0.3) is 0 Å². The van der Waals surface area contributed by atoms with Crippen LogP contribution < -0.4 is 4.74 Å². The molecule has 1 aliphatic heterocycles. The molecule has 30 heavy (non-hydrogen) atoms. The van der Waals surface area contributed by atoms with Crippen LogP contribution in [0.2, 0.25) is 0 Å². The molecule has 162 valence electrons. The van der Waals surface area contributed by atoms with Crippen LogP contribution in [0, 0.1) is 18.3 Å². The first-order chi connectivity index (χ1) is 14.1. The zero-order valence-corrected chi connectivity index (χ0v) is 20.4. The molecule has 1 saturated heterocycles. The molecule has 1 aliphatic rings. The van der Waals surface area contributed by atoms with E-state index in [0.29, 0.717) is 11.6 Å². The number of carbonyl (C=O) groups excluding carboxylic acids is 1. The maximum atomic E-state index is 12.6. The molecule has 0 spiro atoms. The van der Waals surface area contributed by atoms with Gasteiger partial charge >= 0.3 is 0 Å². The molecule has 1 aromatic rings. The predicted octanol–water partition coefficient (Wildman–Crippen LogP) is 4.95. The summed E-state index contributed by atoms with van der Waals surface area (Å²) < 4.78 is 7.23. The number of nitriles is 1. The molecule has 0 radical (unpaired) electrons. The Morgan fingerprint density at radius 2 is 1.97 bits per heavy atom. The highest BCUT2D eigenvalue weighted by Crippen LogP contribution is 2.32. The Balaban J connectivity index is 2.21. The normalized spacial score (nSPS) is 16.5. The molecule has 0 saturated carbocycles. The van der Waals surface area contributed by atoms with Gasteiger partial charge in [0.15, 0.2) is 0 Å². The van der Waals surface area contributed by atoms with Gasteiger partial charge < -0.3 is 14.5 Å². The molecular weight excluding hydrogens is 442 g/mol. The summed E-state index contributed by atoms with van der Waals surface area (Å²) in [7, 11) is 3.58. The minimum atomic E-state index is -0.267. The third kappa shape index (κ3) is 6.45. The number of rotatable bonds is 7. The van der Waals surface area contributed by atoms with Gasteiger partial charge in [0.1, 0.15) is 23.5 Å². The van der Waals surface area contributed by atoms with Crippen molar-refractivity contribution >= 4 is 27.8 Å². The summed E-state index contributed by atoms with van der Waals surface area (Å²) in [6, 6.07) is 6.55. The number of piperidine rings is 1. The second-order valence-corrected chi connectivity index (χ2v) is 9.22. The predicted molar refractivity (Wildman–Crippen MR) is 125 cm³/mol. The van der Waals surface area contributed by atoms with Crippen LogP contribution in [-0.4, -0.2) is 54.9 Å². The van der Waals surface area contributed by atoms with E-state index < -0.39 is 0 Å². The number of halogens is 1. The van der Waals surface area contributed by atoms with Crippen LogP contribution in [0.3, 0.4) is 0 Å². The molecule has 0 unspecified atom stereocenters. The maximum absolute atomic E-state index is 12.6. The largest absolute Gasteiger partial charge is 0.489 e. The van der Waals surface area contributed by atoms with Crippen LogP contribution in [0.25, 0.3) is 6.08 Å². The maximum Gasteiger partial charge on any atom is 0.200 e. The monoisotopic (exact) mass is 473 g/mol. The third-order valence-corrected chi connectivity index (χ3v) is 5.92. The number of hydrogen-bond acceptors (Lipinski definition) is 5. The fourth-order valence-electron chi connectivity index (χ4n) is 3.51. The number of ether oxygens (including phenoxy) is 1. The standard InChI is InChI=1S/C24H32BrN3O2/c1-16(2)28-9-7-21(8-10-28)30-23-13-19(17(3)12-22(23)25)11-18(4)24(29)20(14-26)15-27(5)6/h11-13,15-16,21H,7-10H2,1-6H3/b18-11+,20-15+. The van der Waals surface area contributed by atoms with Crippen LogP contribution in [0.5, 0.6) is 5.75 Å². The number of ketones is 1. The lowest BCUT2D eigenvalue weighted by Crippen LogP contribution is -2.41. The molecular formula is C24H32BrN3O2. The van der Waals surface area contributed by atoms with E-state index in [0.717, 1.165) is 47.3 Å². The summed E-state index contributed by atoms with van der Waals surface area (Å²) in [5.74, 6) is 0.525. The minimum Gasteiger partial charge on any atom is -0.489 e. The van der Waals surface area contributed by atoms with Crippen molar-refractivity contribution in [1.82, 2.24) is 9.80 Å². The van der Waals surface area contributed by atoms with Gasteiger partial charge in [-0.25, -0.2) is 0 Å². The summed E-state index contributed by atoms with van der Waals surface area (Å²) in [5, 5.41) is 9.31. The number of carbonyl (C=O) groups is 1. The van der Waals surface area contributed by atoms with E-state index >= 15 is 0 Å². The van der Waals surface area contributed by atoms with E-state index in [1.807, 2.05) is 31.2 Å². The quantitative estimate of drug-likeness (QED) is 0.414. The molecule has 2 rings (SSSR count). The smallest absolute Gasteiger partial charge is 0.200 e. The average molecular weight is 474 g/mol. The molecule has 0 N–H and O–H groups in total. The van der Waals surface area contributed by atoms with Gasteiger partial charge in [0.05, 0.1) is 4.47 Å². The van der Waals surface area contributed by atoms with Gasteiger partial charge in [-0.3, -0.25) is 4.79 Å². The number of aryl methyl sites for hydroxylation is 1. The van der Waals surface area contributed by atoms with Crippen LogP contribution in [0.15, 0.2) is 34.0 Å². The first-order valence-corrected chi connectivity index (χ1v) is 11.1. The van der Waals surface area contributed by atoms with E-state index in [1.54, 1.807) is 32.1 Å². The topological polar surface area (TPSA) is 56.6 Å². The van der Waals surface area contributed by atoms with Crippen LogP contribution in [0.4, 0.5) is 0 Å². The summed E-state index contributed by atoms with van der Waals surface area (Å²) in [6.45, 7) is 10.3. The highest BCUT2D eigenvalue weighted by atomic mass is 79.9. The number of likely N-dealkylation sites (tertiary alicyclic amines) is 1. The number of benzene rings is 1.